The molecule has 1 aliphatic rings. The minimum Gasteiger partial charge on any atom is -0.359 e. The van der Waals surface area contributed by atoms with Crippen LogP contribution in [0, 0.1) is 0 Å². The third-order valence-corrected chi connectivity index (χ3v) is 2.34. The summed E-state index contributed by atoms with van der Waals surface area (Å²) in [7, 11) is 3.64. The maximum atomic E-state index is 3.39. The number of hydrogen-bond donors (Lipinski definition) is 3. The van der Waals surface area contributed by atoms with Crippen LogP contribution in [0.5, 0.6) is 0 Å². The molecule has 0 amide bonds. The van der Waals surface area contributed by atoms with Crippen molar-refractivity contribution in [3.05, 3.63) is 54.3 Å². The molecule has 0 fully saturated rings. The summed E-state index contributed by atoms with van der Waals surface area (Å²) in [5, 5.41) is 3.39. The summed E-state index contributed by atoms with van der Waals surface area (Å²) in [6.07, 6.45) is 8.69. The molecule has 0 bridgehead atoms. The van der Waals surface area contributed by atoms with Gasteiger partial charge in [-0.2, -0.15) is 0 Å². The number of hydrogen-bond acceptors (Lipinski definition) is 3. The van der Waals surface area contributed by atoms with Gasteiger partial charge in [0, 0.05) is 11.4 Å². The smallest absolute Gasteiger partial charge is 0.0381 e. The summed E-state index contributed by atoms with van der Waals surface area (Å²) in [6.45, 7) is 4.00. The fourth-order valence-electron chi connectivity index (χ4n) is 1.41. The van der Waals surface area contributed by atoms with Gasteiger partial charge in [-0.15, -0.1) is 0 Å². The minimum absolute atomic E-state index is 1.12. The van der Waals surface area contributed by atoms with Crippen LogP contribution in [0.25, 0.3) is 0 Å². The molecule has 2 rings (SSSR count). The SMILES string of the molecule is C1=CCCC(Nc2ccccc2)=C1.CC.CNNC. The average Bonchev–Trinajstić information content (AvgIpc) is 2.52. The third-order valence-electron chi connectivity index (χ3n) is 2.34. The number of benzene rings is 1. The van der Waals surface area contributed by atoms with E-state index in [1.165, 1.54) is 11.4 Å². The van der Waals surface area contributed by atoms with Gasteiger partial charge in [0.2, 0.25) is 0 Å². The van der Waals surface area contributed by atoms with E-state index in [1.54, 1.807) is 0 Å². The molecular weight excluding hydrogens is 234 g/mol. The molecule has 0 unspecified atom stereocenters. The number of anilines is 1. The van der Waals surface area contributed by atoms with Crippen LogP contribution in [0.1, 0.15) is 26.7 Å². The number of allylic oxidation sites excluding steroid dienone is 4. The Hall–Kier alpha value is -1.58. The zero-order valence-electron chi connectivity index (χ0n) is 12.5. The van der Waals surface area contributed by atoms with Gasteiger partial charge >= 0.3 is 0 Å². The lowest BCUT2D eigenvalue weighted by Crippen LogP contribution is -2.21. The summed E-state index contributed by atoms with van der Waals surface area (Å²) in [6, 6.07) is 10.3. The van der Waals surface area contributed by atoms with Crippen LogP contribution < -0.4 is 16.2 Å². The fourth-order valence-corrected chi connectivity index (χ4v) is 1.41. The fraction of sp³-hybridized carbons (Fsp3) is 0.375. The van der Waals surface area contributed by atoms with E-state index in [2.05, 4.69) is 46.5 Å². The Balaban J connectivity index is 0.000000467. The zero-order chi connectivity index (χ0) is 14.3. The van der Waals surface area contributed by atoms with Crippen LogP contribution in [-0.4, -0.2) is 14.1 Å². The highest BCUT2D eigenvalue weighted by atomic mass is 15.3. The van der Waals surface area contributed by atoms with Crippen molar-refractivity contribution >= 4 is 5.69 Å². The molecule has 3 heteroatoms. The van der Waals surface area contributed by atoms with E-state index in [-0.39, 0.29) is 0 Å². The summed E-state index contributed by atoms with van der Waals surface area (Å²) in [4.78, 5) is 0. The average molecular weight is 261 g/mol. The van der Waals surface area contributed by atoms with Gasteiger partial charge in [-0.3, -0.25) is 10.9 Å². The highest BCUT2D eigenvalue weighted by molar-refractivity contribution is 5.48. The van der Waals surface area contributed by atoms with Crippen LogP contribution in [0.2, 0.25) is 0 Å². The van der Waals surface area contributed by atoms with Crippen LogP contribution >= 0.6 is 0 Å². The summed E-state index contributed by atoms with van der Waals surface area (Å²) in [5.74, 6) is 0. The molecule has 0 heterocycles. The van der Waals surface area contributed by atoms with Gasteiger partial charge in [0.25, 0.3) is 0 Å². The molecule has 3 N–H and O–H groups in total. The second-order valence-corrected chi connectivity index (χ2v) is 3.65. The van der Waals surface area contributed by atoms with Gasteiger partial charge in [0.15, 0.2) is 0 Å². The van der Waals surface area contributed by atoms with E-state index in [9.17, 15) is 0 Å². The topological polar surface area (TPSA) is 36.1 Å². The lowest BCUT2D eigenvalue weighted by molar-refractivity contribution is 0.689. The molecule has 0 aliphatic heterocycles. The van der Waals surface area contributed by atoms with Crippen molar-refractivity contribution in [2.75, 3.05) is 19.4 Å². The van der Waals surface area contributed by atoms with Gasteiger partial charge in [-0.25, -0.2) is 0 Å². The first kappa shape index (κ1) is 17.4. The number of nitrogens with one attached hydrogen (secondary N) is 3. The van der Waals surface area contributed by atoms with Crippen molar-refractivity contribution < 1.29 is 0 Å². The van der Waals surface area contributed by atoms with Crippen LogP contribution in [0.4, 0.5) is 5.69 Å². The Morgan fingerprint density at radius 2 is 1.58 bits per heavy atom. The lowest BCUT2D eigenvalue weighted by Gasteiger charge is -2.11. The van der Waals surface area contributed by atoms with Gasteiger partial charge < -0.3 is 5.32 Å². The predicted octanol–water partition coefficient (Wildman–Crippen LogP) is 3.70. The maximum Gasteiger partial charge on any atom is 0.0381 e. The summed E-state index contributed by atoms with van der Waals surface area (Å²) in [5.41, 5.74) is 7.83. The molecule has 1 aromatic rings. The second kappa shape index (κ2) is 12.9. The zero-order valence-corrected chi connectivity index (χ0v) is 12.5. The van der Waals surface area contributed by atoms with Crippen molar-refractivity contribution in [2.45, 2.75) is 26.7 Å². The highest BCUT2D eigenvalue weighted by Crippen LogP contribution is 2.15. The van der Waals surface area contributed by atoms with Crippen LogP contribution in [-0.2, 0) is 0 Å². The second-order valence-electron chi connectivity index (χ2n) is 3.65. The Morgan fingerprint density at radius 1 is 0.947 bits per heavy atom. The molecule has 0 radical (unpaired) electrons. The van der Waals surface area contributed by atoms with E-state index in [4.69, 9.17) is 0 Å². The maximum absolute atomic E-state index is 3.39. The van der Waals surface area contributed by atoms with E-state index in [0.29, 0.717) is 0 Å². The van der Waals surface area contributed by atoms with Crippen molar-refractivity contribution in [1.29, 1.82) is 0 Å². The van der Waals surface area contributed by atoms with Crippen molar-refractivity contribution in [1.82, 2.24) is 10.9 Å². The Kier molecular flexibility index (Phi) is 11.8. The Labute approximate surface area is 117 Å². The number of para-hydroxylation sites is 1. The van der Waals surface area contributed by atoms with E-state index in [1.807, 2.05) is 46.1 Å². The van der Waals surface area contributed by atoms with E-state index in [0.717, 1.165) is 12.8 Å². The van der Waals surface area contributed by atoms with Crippen LogP contribution in [0.15, 0.2) is 54.3 Å². The minimum atomic E-state index is 1.12. The predicted molar refractivity (Wildman–Crippen MR) is 86.0 cm³/mol. The Morgan fingerprint density at radius 3 is 2.05 bits per heavy atom. The molecule has 0 aromatic heterocycles. The molecule has 0 atom stereocenters. The first-order valence-electron chi connectivity index (χ1n) is 6.88. The van der Waals surface area contributed by atoms with Crippen molar-refractivity contribution in [2.24, 2.45) is 0 Å². The van der Waals surface area contributed by atoms with E-state index < -0.39 is 0 Å². The molecule has 3 nitrogen and oxygen atoms in total. The normalized spacial score (nSPS) is 12.3. The van der Waals surface area contributed by atoms with Crippen LogP contribution in [0.3, 0.4) is 0 Å². The summed E-state index contributed by atoms with van der Waals surface area (Å²) >= 11 is 0. The molecule has 0 saturated heterocycles. The molecule has 1 aromatic carbocycles. The first-order valence-corrected chi connectivity index (χ1v) is 6.88. The van der Waals surface area contributed by atoms with E-state index >= 15 is 0 Å². The summed E-state index contributed by atoms with van der Waals surface area (Å²) < 4.78 is 0. The number of rotatable bonds is 3. The van der Waals surface area contributed by atoms with Gasteiger partial charge in [-0.1, -0.05) is 44.2 Å². The lowest BCUT2D eigenvalue weighted by atomic mass is 10.1. The quantitative estimate of drug-likeness (QED) is 0.726. The molecule has 0 spiro atoms. The number of hydrazine groups is 1. The molecule has 0 saturated carbocycles. The highest BCUT2D eigenvalue weighted by Gasteiger charge is 1.98. The molecular formula is C16H27N3. The third kappa shape index (κ3) is 9.05. The van der Waals surface area contributed by atoms with Crippen molar-refractivity contribution in [3.8, 4) is 0 Å². The monoisotopic (exact) mass is 261 g/mol. The van der Waals surface area contributed by atoms with Gasteiger partial charge in [0.05, 0.1) is 0 Å². The largest absolute Gasteiger partial charge is 0.359 e. The van der Waals surface area contributed by atoms with Gasteiger partial charge in [0.1, 0.15) is 0 Å². The first-order chi connectivity index (χ1) is 9.36. The van der Waals surface area contributed by atoms with Gasteiger partial charge in [-0.05, 0) is 45.1 Å². The molecule has 1 aliphatic carbocycles. The molecule has 106 valence electrons. The van der Waals surface area contributed by atoms with Crippen molar-refractivity contribution in [3.63, 3.8) is 0 Å². The molecule has 19 heavy (non-hydrogen) atoms. The Bertz CT molecular complexity index is 354. The standard InChI is InChI=1S/C12H13N.C2H8N2.C2H6/c1-3-7-11(8-4-1)13-12-9-5-2-6-10-12;1-3-4-2;1-2/h1-5,7-9,13H,6,10H2;3-4H,1-2H3;1-2H3.